The third-order valence-corrected chi connectivity index (χ3v) is 7.41. The Hall–Kier alpha value is -3.99. The second-order valence-electron chi connectivity index (χ2n) is 9.34. The van der Waals surface area contributed by atoms with Crippen molar-refractivity contribution in [2.24, 2.45) is 0 Å². The fraction of sp³-hybridized carbons (Fsp3) is 0.241. The number of rotatable bonds is 10. The first kappa shape index (κ1) is 28.5. The minimum atomic E-state index is -3.04. The summed E-state index contributed by atoms with van der Waals surface area (Å²) in [5.74, 6) is -0.519. The Morgan fingerprint density at radius 3 is 2.15 bits per heavy atom. The first-order valence-corrected chi connectivity index (χ1v) is 13.8. The highest BCUT2D eigenvalue weighted by molar-refractivity contribution is 7.32. The van der Waals surface area contributed by atoms with Gasteiger partial charge in [-0.2, -0.15) is 4.39 Å². The largest absolute Gasteiger partial charge is 0.695 e. The summed E-state index contributed by atoms with van der Waals surface area (Å²) in [6, 6.07) is 26.5. The van der Waals surface area contributed by atoms with E-state index in [4.69, 9.17) is 18.7 Å². The third-order valence-electron chi connectivity index (χ3n) is 6.96. The third kappa shape index (κ3) is 5.90. The van der Waals surface area contributed by atoms with Gasteiger partial charge in [0, 0.05) is 11.0 Å². The lowest BCUT2D eigenvalue weighted by atomic mass is 9.80. The molecule has 4 aromatic rings. The second-order valence-corrected chi connectivity index (χ2v) is 10.0. The summed E-state index contributed by atoms with van der Waals surface area (Å²) < 4.78 is 50.0. The van der Waals surface area contributed by atoms with E-state index in [-0.39, 0.29) is 13.0 Å². The van der Waals surface area contributed by atoms with E-state index >= 15 is 0 Å². The van der Waals surface area contributed by atoms with Gasteiger partial charge in [-0.15, -0.1) is 9.42 Å². The Morgan fingerprint density at radius 1 is 1.00 bits per heavy atom. The van der Waals surface area contributed by atoms with E-state index in [1.54, 1.807) is 7.11 Å². The number of methoxy groups -OCH3 is 1. The number of nitrogens with one attached hydrogen (secondary N) is 1. The molecule has 1 unspecified atom stereocenters. The Balaban J connectivity index is 1.56. The van der Waals surface area contributed by atoms with Gasteiger partial charge in [0.15, 0.2) is 0 Å². The number of aromatic nitrogens is 2. The van der Waals surface area contributed by atoms with Crippen LogP contribution in [0, 0.1) is 5.82 Å². The molecule has 1 saturated heterocycles. The van der Waals surface area contributed by atoms with Gasteiger partial charge in [0.25, 0.3) is 5.56 Å². The zero-order chi connectivity index (χ0) is 29.0. The van der Waals surface area contributed by atoms with Gasteiger partial charge in [0.1, 0.15) is 29.8 Å². The van der Waals surface area contributed by atoms with E-state index in [1.165, 1.54) is 0 Å². The van der Waals surface area contributed by atoms with Crippen molar-refractivity contribution in [3.8, 4) is 5.75 Å². The maximum atomic E-state index is 14.0. The number of hydrogen-bond donors (Lipinski definition) is 2. The summed E-state index contributed by atoms with van der Waals surface area (Å²) in [5.41, 5.74) is -0.842. The molecule has 0 aliphatic carbocycles. The van der Waals surface area contributed by atoms with Crippen LogP contribution in [0.15, 0.2) is 101 Å². The molecule has 0 saturated carbocycles. The molecule has 41 heavy (non-hydrogen) atoms. The molecule has 0 spiro atoms. The predicted octanol–water partition coefficient (Wildman–Crippen LogP) is 4.02. The van der Waals surface area contributed by atoms with Crippen molar-refractivity contribution < 1.29 is 32.6 Å². The van der Waals surface area contributed by atoms with Gasteiger partial charge in [-0.25, -0.2) is 4.79 Å². The summed E-state index contributed by atoms with van der Waals surface area (Å²) >= 11 is 0. The van der Waals surface area contributed by atoms with Crippen LogP contribution in [0.25, 0.3) is 0 Å². The van der Waals surface area contributed by atoms with Crippen molar-refractivity contribution in [1.29, 1.82) is 0 Å². The number of H-pyrrole nitrogens is 1. The quantitative estimate of drug-likeness (QED) is 0.212. The maximum absolute atomic E-state index is 14.0. The minimum absolute atomic E-state index is 0.0761. The average molecular weight is 582 g/mol. The minimum Gasteiger partial charge on any atom is -0.497 e. The molecule has 0 amide bonds. The SMILES string of the molecule is COc1ccc(C(OC[C@H]2O[C@@H](n3cc(F)c(=O)[nH]c3=O)C[C@@H]2O[P+](=O)O)(c2ccccc2)c2ccccc2)cc1. The standard InChI is InChI=1S/C29H26FN2O8P/c1-37-22-14-12-21(13-15-22)29(19-8-4-2-5-9-19,20-10-6-3-7-11-20)38-18-25-24(40-41(35)36)16-26(39-25)32-17-23(30)27(33)31-28(32)34/h2-15,17,24-26H,16,18H2,1H3,(H-,31,33,34,35,36)/p+1/t24-,25+,26+/m0/s1. The number of nitrogens with zero attached hydrogens (tertiary/aromatic N) is 1. The van der Waals surface area contributed by atoms with E-state index < -0.39 is 49.4 Å². The molecule has 1 fully saturated rings. The second kappa shape index (κ2) is 12.3. The summed E-state index contributed by atoms with van der Waals surface area (Å²) in [6.07, 6.45) is -2.37. The highest BCUT2D eigenvalue weighted by Crippen LogP contribution is 2.43. The molecule has 1 aliphatic rings. The molecule has 0 radical (unpaired) electrons. The van der Waals surface area contributed by atoms with Gasteiger partial charge >= 0.3 is 13.9 Å². The lowest BCUT2D eigenvalue weighted by Crippen LogP contribution is -2.38. The predicted molar refractivity (Wildman–Crippen MR) is 146 cm³/mol. The van der Waals surface area contributed by atoms with E-state index in [1.807, 2.05) is 89.9 Å². The molecule has 10 nitrogen and oxygen atoms in total. The van der Waals surface area contributed by atoms with Crippen molar-refractivity contribution in [1.82, 2.24) is 9.55 Å². The van der Waals surface area contributed by atoms with Gasteiger partial charge in [0.05, 0.1) is 19.9 Å². The van der Waals surface area contributed by atoms with Crippen LogP contribution >= 0.6 is 8.25 Å². The van der Waals surface area contributed by atoms with Crippen LogP contribution < -0.4 is 16.0 Å². The molecular formula is C29H27FN2O8P+. The van der Waals surface area contributed by atoms with Crippen LogP contribution in [0.3, 0.4) is 0 Å². The van der Waals surface area contributed by atoms with Gasteiger partial charge in [0.2, 0.25) is 5.82 Å². The average Bonchev–Trinajstić information content (AvgIpc) is 3.38. The highest BCUT2D eigenvalue weighted by atomic mass is 31.1. The molecule has 1 aromatic heterocycles. The van der Waals surface area contributed by atoms with E-state index in [0.29, 0.717) is 5.75 Å². The van der Waals surface area contributed by atoms with Crippen LogP contribution in [0.2, 0.25) is 0 Å². The van der Waals surface area contributed by atoms with E-state index in [2.05, 4.69) is 0 Å². The van der Waals surface area contributed by atoms with Gasteiger partial charge in [-0.05, 0) is 28.8 Å². The van der Waals surface area contributed by atoms with Crippen molar-refractivity contribution in [3.05, 3.63) is 134 Å². The molecule has 5 rings (SSSR count). The zero-order valence-electron chi connectivity index (χ0n) is 21.9. The van der Waals surface area contributed by atoms with E-state index in [9.17, 15) is 23.4 Å². The molecular weight excluding hydrogens is 554 g/mol. The number of ether oxygens (including phenoxy) is 3. The number of halogens is 1. The zero-order valence-corrected chi connectivity index (χ0v) is 22.8. The number of benzene rings is 3. The summed E-state index contributed by atoms with van der Waals surface area (Å²) in [7, 11) is -1.46. The summed E-state index contributed by atoms with van der Waals surface area (Å²) in [5, 5.41) is 0. The molecule has 212 valence electrons. The van der Waals surface area contributed by atoms with E-state index in [0.717, 1.165) is 27.5 Å². The van der Waals surface area contributed by atoms with Gasteiger partial charge < -0.3 is 14.2 Å². The molecule has 1 aliphatic heterocycles. The van der Waals surface area contributed by atoms with Gasteiger partial charge in [-0.3, -0.25) is 14.3 Å². The molecule has 4 atom stereocenters. The Kier molecular flexibility index (Phi) is 8.53. The van der Waals surface area contributed by atoms with Crippen LogP contribution in [-0.4, -0.2) is 40.4 Å². The molecule has 12 heteroatoms. The lowest BCUT2D eigenvalue weighted by Gasteiger charge is -2.37. The number of aromatic amines is 1. The molecule has 2 N–H and O–H groups in total. The first-order valence-electron chi connectivity index (χ1n) is 12.7. The highest BCUT2D eigenvalue weighted by Gasteiger charge is 2.46. The van der Waals surface area contributed by atoms with Crippen LogP contribution in [0.5, 0.6) is 5.75 Å². The monoisotopic (exact) mass is 581 g/mol. The summed E-state index contributed by atoms with van der Waals surface area (Å²) in [4.78, 5) is 35.4. The van der Waals surface area contributed by atoms with Crippen molar-refractivity contribution >= 4 is 8.25 Å². The molecule has 3 aromatic carbocycles. The normalized spacial score (nSPS) is 19.2. The van der Waals surface area contributed by atoms with Crippen LogP contribution in [0.1, 0.15) is 29.3 Å². The molecule has 0 bridgehead atoms. The van der Waals surface area contributed by atoms with Crippen LogP contribution in [0.4, 0.5) is 4.39 Å². The summed E-state index contributed by atoms with van der Waals surface area (Å²) in [6.45, 7) is -0.152. The first-order chi connectivity index (χ1) is 19.8. The molecule has 2 heterocycles. The Morgan fingerprint density at radius 2 is 1.59 bits per heavy atom. The Bertz CT molecular complexity index is 1570. The smallest absolute Gasteiger partial charge is 0.497 e. The fourth-order valence-electron chi connectivity index (χ4n) is 5.05. The maximum Gasteiger partial charge on any atom is 0.695 e. The topological polar surface area (TPSA) is 129 Å². The number of hydrogen-bond acceptors (Lipinski definition) is 7. The Labute approximate surface area is 234 Å². The van der Waals surface area contributed by atoms with Crippen molar-refractivity contribution in [3.63, 3.8) is 0 Å². The lowest BCUT2D eigenvalue weighted by molar-refractivity contribution is -0.0918. The van der Waals surface area contributed by atoms with Crippen molar-refractivity contribution in [2.45, 2.75) is 30.5 Å². The van der Waals surface area contributed by atoms with Crippen LogP contribution in [-0.2, 0) is 24.2 Å². The van der Waals surface area contributed by atoms with Crippen molar-refractivity contribution in [2.75, 3.05) is 13.7 Å². The fourth-order valence-corrected chi connectivity index (χ4v) is 5.50. The van der Waals surface area contributed by atoms with Gasteiger partial charge in [-0.1, -0.05) is 72.8 Å².